The van der Waals surface area contributed by atoms with Crippen LogP contribution in [0.15, 0.2) is 60.7 Å². The molecule has 1 amide bonds. The van der Waals surface area contributed by atoms with E-state index in [2.05, 4.69) is 15.3 Å². The molecule has 2 aliphatic carbocycles. The fourth-order valence-corrected chi connectivity index (χ4v) is 4.54. The predicted molar refractivity (Wildman–Crippen MR) is 110 cm³/mol. The van der Waals surface area contributed by atoms with Crippen molar-refractivity contribution in [3.05, 3.63) is 77.4 Å². The quantitative estimate of drug-likeness (QED) is 0.595. The highest BCUT2D eigenvalue weighted by molar-refractivity contribution is 6.00. The molecule has 3 atom stereocenters. The summed E-state index contributed by atoms with van der Waals surface area (Å²) in [6.07, 6.45) is 3.09. The highest BCUT2D eigenvalue weighted by atomic mass is 19.4. The number of carbonyl (C=O) groups is 1. The Labute approximate surface area is 182 Å². The summed E-state index contributed by atoms with van der Waals surface area (Å²) in [7, 11) is 0. The molecule has 0 fully saturated rings. The second-order valence-electron chi connectivity index (χ2n) is 7.89. The number of amides is 1. The molecule has 0 saturated carbocycles. The predicted octanol–water partition coefficient (Wildman–Crippen LogP) is 2.85. The third-order valence-electron chi connectivity index (χ3n) is 6.01. The number of aliphatic hydroxyl groups is 2. The number of fused-ring (bicyclic) bond motifs is 3. The molecule has 1 heterocycles. The molecule has 0 radical (unpaired) electrons. The molecule has 168 valence electrons. The molecule has 6 nitrogen and oxygen atoms in total. The van der Waals surface area contributed by atoms with Crippen molar-refractivity contribution in [2.75, 3.05) is 13.2 Å². The molecule has 4 rings (SSSR count). The highest BCUT2D eigenvalue weighted by Crippen LogP contribution is 2.61. The summed E-state index contributed by atoms with van der Waals surface area (Å²) in [5.74, 6) is -2.80. The van der Waals surface area contributed by atoms with E-state index >= 15 is 0 Å². The summed E-state index contributed by atoms with van der Waals surface area (Å²) in [4.78, 5) is 20.7. The van der Waals surface area contributed by atoms with Crippen molar-refractivity contribution in [2.45, 2.75) is 30.5 Å². The van der Waals surface area contributed by atoms with E-state index in [-0.39, 0.29) is 24.3 Å². The SMILES string of the molecule is O=C(NCCCCO)C1=CC2C(C(c3cncnc3)=C1)c1ccccc1C2(O)C(F)(F)F. The van der Waals surface area contributed by atoms with Gasteiger partial charge in [-0.2, -0.15) is 13.2 Å². The van der Waals surface area contributed by atoms with Crippen molar-refractivity contribution in [3.63, 3.8) is 0 Å². The van der Waals surface area contributed by atoms with Crippen LogP contribution in [0.25, 0.3) is 5.57 Å². The van der Waals surface area contributed by atoms with Gasteiger partial charge in [0, 0.05) is 48.5 Å². The normalized spacial score (nSPS) is 24.3. The number of allylic oxidation sites excluding steroid dienone is 1. The lowest BCUT2D eigenvalue weighted by Gasteiger charge is -2.36. The van der Waals surface area contributed by atoms with Crippen LogP contribution in [-0.4, -0.2) is 45.4 Å². The maximum Gasteiger partial charge on any atom is 0.422 e. The average molecular weight is 445 g/mol. The third-order valence-corrected chi connectivity index (χ3v) is 6.01. The summed E-state index contributed by atoms with van der Waals surface area (Å²) in [5.41, 5.74) is -2.07. The van der Waals surface area contributed by atoms with Crippen molar-refractivity contribution in [1.82, 2.24) is 15.3 Å². The van der Waals surface area contributed by atoms with Gasteiger partial charge in [0.05, 0.1) is 0 Å². The van der Waals surface area contributed by atoms with Crippen molar-refractivity contribution in [1.29, 1.82) is 0 Å². The molecule has 2 aliphatic rings. The van der Waals surface area contributed by atoms with Crippen molar-refractivity contribution >= 4 is 11.5 Å². The lowest BCUT2D eigenvalue weighted by atomic mass is 9.73. The molecule has 0 bridgehead atoms. The number of hydrogen-bond donors (Lipinski definition) is 3. The minimum atomic E-state index is -4.96. The molecule has 0 saturated heterocycles. The third kappa shape index (κ3) is 3.61. The number of carbonyl (C=O) groups excluding carboxylic acids is 1. The number of alkyl halides is 3. The number of halogens is 3. The number of aromatic nitrogens is 2. The average Bonchev–Trinajstić information content (AvgIpc) is 3.06. The fourth-order valence-electron chi connectivity index (χ4n) is 4.54. The number of unbranched alkanes of at least 4 members (excludes halogenated alkanes) is 1. The molecule has 3 unspecified atom stereocenters. The standard InChI is InChI=1S/C23H22F3N3O3/c24-23(25,26)22(32)18-6-2-1-5-16(18)20-17(15-11-27-13-28-12-15)9-14(10-19(20)22)21(31)29-7-3-4-8-30/h1-2,5-6,9-13,19-20,30,32H,3-4,7-8H2,(H,29,31). The van der Waals surface area contributed by atoms with Crippen LogP contribution in [0, 0.1) is 5.92 Å². The van der Waals surface area contributed by atoms with Gasteiger partial charge in [-0.05, 0) is 35.6 Å². The first-order valence-corrected chi connectivity index (χ1v) is 10.3. The summed E-state index contributed by atoms with van der Waals surface area (Å²) < 4.78 is 42.9. The zero-order valence-corrected chi connectivity index (χ0v) is 17.0. The lowest BCUT2D eigenvalue weighted by molar-refractivity contribution is -0.277. The molecule has 2 aromatic rings. The summed E-state index contributed by atoms with van der Waals surface area (Å²) in [6, 6.07) is 5.94. The molecule has 3 N–H and O–H groups in total. The van der Waals surface area contributed by atoms with Gasteiger partial charge in [0.2, 0.25) is 0 Å². The minimum Gasteiger partial charge on any atom is -0.396 e. The minimum absolute atomic E-state index is 0.0166. The van der Waals surface area contributed by atoms with Crippen LogP contribution in [0.5, 0.6) is 0 Å². The van der Waals surface area contributed by atoms with Crippen LogP contribution in [0.4, 0.5) is 13.2 Å². The van der Waals surface area contributed by atoms with Crippen LogP contribution in [0.1, 0.15) is 35.4 Å². The van der Waals surface area contributed by atoms with E-state index in [9.17, 15) is 23.1 Å². The number of nitrogens with one attached hydrogen (secondary N) is 1. The molecule has 32 heavy (non-hydrogen) atoms. The Morgan fingerprint density at radius 2 is 1.88 bits per heavy atom. The van der Waals surface area contributed by atoms with E-state index in [1.807, 2.05) is 0 Å². The zero-order valence-electron chi connectivity index (χ0n) is 17.0. The van der Waals surface area contributed by atoms with E-state index in [1.54, 1.807) is 18.2 Å². The second-order valence-corrected chi connectivity index (χ2v) is 7.89. The first kappa shape index (κ1) is 22.2. The van der Waals surface area contributed by atoms with Crippen LogP contribution in [0.3, 0.4) is 0 Å². The molecular formula is C23H22F3N3O3. The van der Waals surface area contributed by atoms with Crippen LogP contribution in [-0.2, 0) is 10.4 Å². The molecular weight excluding hydrogens is 423 g/mol. The van der Waals surface area contributed by atoms with Crippen molar-refractivity contribution in [3.8, 4) is 0 Å². The lowest BCUT2D eigenvalue weighted by Crippen LogP contribution is -2.47. The Balaban J connectivity index is 1.83. The summed E-state index contributed by atoms with van der Waals surface area (Å²) in [6.45, 7) is 0.253. The van der Waals surface area contributed by atoms with Gasteiger partial charge in [-0.1, -0.05) is 30.3 Å². The Bertz CT molecular complexity index is 1070. The van der Waals surface area contributed by atoms with Gasteiger partial charge < -0.3 is 15.5 Å². The van der Waals surface area contributed by atoms with E-state index in [1.165, 1.54) is 36.9 Å². The zero-order chi connectivity index (χ0) is 22.9. The second kappa shape index (κ2) is 8.48. The molecule has 1 aromatic heterocycles. The van der Waals surface area contributed by atoms with Gasteiger partial charge in [0.15, 0.2) is 5.60 Å². The maximum absolute atomic E-state index is 14.3. The number of nitrogens with zero attached hydrogens (tertiary/aromatic N) is 2. The van der Waals surface area contributed by atoms with Gasteiger partial charge in [0.25, 0.3) is 5.91 Å². The number of rotatable bonds is 6. The first-order chi connectivity index (χ1) is 15.3. The van der Waals surface area contributed by atoms with E-state index in [0.717, 1.165) is 0 Å². The summed E-state index contributed by atoms with van der Waals surface area (Å²) >= 11 is 0. The van der Waals surface area contributed by atoms with Crippen LogP contribution < -0.4 is 5.32 Å². The van der Waals surface area contributed by atoms with Crippen molar-refractivity contribution < 1.29 is 28.2 Å². The maximum atomic E-state index is 14.3. The van der Waals surface area contributed by atoms with Gasteiger partial charge >= 0.3 is 6.18 Å². The highest BCUT2D eigenvalue weighted by Gasteiger charge is 2.66. The van der Waals surface area contributed by atoms with Crippen LogP contribution >= 0.6 is 0 Å². The topological polar surface area (TPSA) is 95.3 Å². The number of hydrogen-bond acceptors (Lipinski definition) is 5. The monoisotopic (exact) mass is 445 g/mol. The Kier molecular flexibility index (Phi) is 5.87. The van der Waals surface area contributed by atoms with Crippen molar-refractivity contribution in [2.24, 2.45) is 5.92 Å². The molecule has 9 heteroatoms. The molecule has 0 aliphatic heterocycles. The molecule has 1 aromatic carbocycles. The number of benzene rings is 1. The Morgan fingerprint density at radius 3 is 2.56 bits per heavy atom. The van der Waals surface area contributed by atoms with Gasteiger partial charge in [-0.15, -0.1) is 0 Å². The van der Waals surface area contributed by atoms with Gasteiger partial charge in [-0.3, -0.25) is 4.79 Å². The van der Waals surface area contributed by atoms with E-state index < -0.39 is 29.5 Å². The van der Waals surface area contributed by atoms with Crippen LogP contribution in [0.2, 0.25) is 0 Å². The smallest absolute Gasteiger partial charge is 0.396 e. The first-order valence-electron chi connectivity index (χ1n) is 10.3. The van der Waals surface area contributed by atoms with E-state index in [0.29, 0.717) is 29.5 Å². The van der Waals surface area contributed by atoms with E-state index in [4.69, 9.17) is 5.11 Å². The Hall–Kier alpha value is -3.04. The Morgan fingerprint density at radius 1 is 1.16 bits per heavy atom. The number of aliphatic hydroxyl groups excluding tert-OH is 1. The van der Waals surface area contributed by atoms with Gasteiger partial charge in [-0.25, -0.2) is 9.97 Å². The fraction of sp³-hybridized carbons (Fsp3) is 0.348. The van der Waals surface area contributed by atoms with Gasteiger partial charge in [0.1, 0.15) is 6.33 Å². The largest absolute Gasteiger partial charge is 0.422 e. The molecule has 0 spiro atoms. The summed E-state index contributed by atoms with van der Waals surface area (Å²) in [5, 5.41) is 22.7.